The van der Waals surface area contributed by atoms with Gasteiger partial charge in [0.2, 0.25) is 0 Å². The van der Waals surface area contributed by atoms with Crippen molar-refractivity contribution in [1.29, 1.82) is 0 Å². The Morgan fingerprint density at radius 1 is 1.04 bits per heavy atom. The minimum Gasteiger partial charge on any atom is -0.372 e. The second kappa shape index (κ2) is 9.03. The summed E-state index contributed by atoms with van der Waals surface area (Å²) in [6.07, 6.45) is -4.73. The van der Waals surface area contributed by atoms with Gasteiger partial charge in [-0.05, 0) is 56.4 Å². The molecule has 8 heteroatoms. The molecule has 0 amide bonds. The molecule has 2 rings (SSSR count). The molecule has 27 heavy (non-hydrogen) atoms. The zero-order valence-corrected chi connectivity index (χ0v) is 15.8. The van der Waals surface area contributed by atoms with Gasteiger partial charge in [-0.1, -0.05) is 12.1 Å². The number of hydrogen-bond acceptors (Lipinski definition) is 2. The largest absolute Gasteiger partial charge is 0.419 e. The van der Waals surface area contributed by atoms with Crippen LogP contribution >= 0.6 is 12.2 Å². The fraction of sp³-hybridized carbons (Fsp3) is 0.316. The number of anilines is 2. The maximum Gasteiger partial charge on any atom is 0.419 e. The highest BCUT2D eigenvalue weighted by atomic mass is 32.1. The molecule has 0 unspecified atom stereocenters. The van der Waals surface area contributed by atoms with Gasteiger partial charge in [-0.25, -0.2) is 4.39 Å². The van der Waals surface area contributed by atoms with Crippen LogP contribution in [0, 0.1) is 5.82 Å². The van der Waals surface area contributed by atoms with E-state index in [2.05, 4.69) is 29.4 Å². The highest BCUT2D eigenvalue weighted by molar-refractivity contribution is 7.80. The van der Waals surface area contributed by atoms with Crippen molar-refractivity contribution in [3.63, 3.8) is 0 Å². The van der Waals surface area contributed by atoms with Gasteiger partial charge in [0.1, 0.15) is 5.82 Å². The number of thiocarbonyl (C=S) groups is 1. The van der Waals surface area contributed by atoms with E-state index in [1.165, 1.54) is 12.1 Å². The summed E-state index contributed by atoms with van der Waals surface area (Å²) in [5.41, 5.74) is 0.418. The van der Waals surface area contributed by atoms with Crippen LogP contribution in [0.1, 0.15) is 25.0 Å². The third-order valence-corrected chi connectivity index (χ3v) is 4.32. The molecule has 0 heterocycles. The average molecular weight is 399 g/mol. The van der Waals surface area contributed by atoms with E-state index in [0.717, 1.165) is 24.5 Å². The monoisotopic (exact) mass is 399 g/mol. The summed E-state index contributed by atoms with van der Waals surface area (Å²) in [7, 11) is 0. The SMILES string of the molecule is CCN(CC)c1ccc(NC(=S)NCc2cccc(C(F)(F)F)c2F)cc1. The second-order valence-corrected chi connectivity index (χ2v) is 6.21. The summed E-state index contributed by atoms with van der Waals surface area (Å²) in [5.74, 6) is -1.29. The van der Waals surface area contributed by atoms with Crippen molar-refractivity contribution in [1.82, 2.24) is 5.32 Å². The Hall–Kier alpha value is -2.35. The molecule has 0 aromatic heterocycles. The predicted molar refractivity (Wildman–Crippen MR) is 104 cm³/mol. The van der Waals surface area contributed by atoms with Crippen LogP contribution < -0.4 is 15.5 Å². The van der Waals surface area contributed by atoms with E-state index >= 15 is 0 Å². The topological polar surface area (TPSA) is 27.3 Å². The molecule has 0 atom stereocenters. The van der Waals surface area contributed by atoms with Crippen molar-refractivity contribution >= 4 is 28.7 Å². The summed E-state index contributed by atoms with van der Waals surface area (Å²) in [6, 6.07) is 10.8. The molecule has 2 aromatic rings. The lowest BCUT2D eigenvalue weighted by molar-refractivity contribution is -0.140. The van der Waals surface area contributed by atoms with E-state index in [1.54, 1.807) is 0 Å². The average Bonchev–Trinajstić information content (AvgIpc) is 2.62. The molecule has 2 N–H and O–H groups in total. The summed E-state index contributed by atoms with van der Waals surface area (Å²) in [6.45, 7) is 5.78. The maximum atomic E-state index is 14.0. The number of nitrogens with one attached hydrogen (secondary N) is 2. The smallest absolute Gasteiger partial charge is 0.372 e. The minimum absolute atomic E-state index is 0.106. The molecule has 0 aliphatic rings. The first kappa shape index (κ1) is 21.0. The lowest BCUT2D eigenvalue weighted by Crippen LogP contribution is -2.28. The lowest BCUT2D eigenvalue weighted by Gasteiger charge is -2.21. The number of halogens is 4. The van der Waals surface area contributed by atoms with Crippen LogP contribution in [0.5, 0.6) is 0 Å². The molecule has 2 aromatic carbocycles. The Bertz CT molecular complexity index is 772. The van der Waals surface area contributed by atoms with Gasteiger partial charge in [-0.3, -0.25) is 0 Å². The number of alkyl halides is 3. The van der Waals surface area contributed by atoms with Crippen LogP contribution in [0.3, 0.4) is 0 Å². The van der Waals surface area contributed by atoms with Gasteiger partial charge in [-0.15, -0.1) is 0 Å². The molecule has 0 aliphatic heterocycles. The summed E-state index contributed by atoms with van der Waals surface area (Å²) >= 11 is 5.14. The molecule has 0 bridgehead atoms. The van der Waals surface area contributed by atoms with Gasteiger partial charge in [0.05, 0.1) is 5.56 Å². The van der Waals surface area contributed by atoms with Crippen LogP contribution in [-0.2, 0) is 12.7 Å². The molecule has 0 radical (unpaired) electrons. The van der Waals surface area contributed by atoms with Gasteiger partial charge in [0.25, 0.3) is 0 Å². The molecule has 0 saturated carbocycles. The van der Waals surface area contributed by atoms with Gasteiger partial charge < -0.3 is 15.5 Å². The quantitative estimate of drug-likeness (QED) is 0.517. The number of benzene rings is 2. The normalized spacial score (nSPS) is 11.2. The molecular formula is C19H21F4N3S. The van der Waals surface area contributed by atoms with Crippen LogP contribution in [-0.4, -0.2) is 18.2 Å². The predicted octanol–water partition coefficient (Wildman–Crippen LogP) is 5.18. The number of hydrogen-bond donors (Lipinski definition) is 2. The summed E-state index contributed by atoms with van der Waals surface area (Å²) in [4.78, 5) is 2.19. The second-order valence-electron chi connectivity index (χ2n) is 5.80. The lowest BCUT2D eigenvalue weighted by atomic mass is 10.1. The van der Waals surface area contributed by atoms with Gasteiger partial charge in [0, 0.05) is 36.6 Å². The van der Waals surface area contributed by atoms with Crippen molar-refractivity contribution in [2.24, 2.45) is 0 Å². The standard InChI is InChI=1S/C19H21F4N3S/c1-3-26(4-2)15-10-8-14(9-11-15)25-18(27)24-12-13-6-5-7-16(17(13)20)19(21,22)23/h5-11H,3-4,12H2,1-2H3,(H2,24,25,27). The number of nitrogens with zero attached hydrogens (tertiary/aromatic N) is 1. The fourth-order valence-electron chi connectivity index (χ4n) is 2.63. The first-order chi connectivity index (χ1) is 12.8. The van der Waals surface area contributed by atoms with Gasteiger partial charge in [-0.2, -0.15) is 13.2 Å². The van der Waals surface area contributed by atoms with Gasteiger partial charge in [0.15, 0.2) is 5.11 Å². The Morgan fingerprint density at radius 2 is 1.67 bits per heavy atom. The van der Waals surface area contributed by atoms with Crippen LogP contribution in [0.2, 0.25) is 0 Å². The fourth-order valence-corrected chi connectivity index (χ4v) is 2.82. The van der Waals surface area contributed by atoms with Crippen molar-refractivity contribution < 1.29 is 17.6 Å². The number of rotatable bonds is 6. The first-order valence-corrected chi connectivity index (χ1v) is 8.91. The molecule has 146 valence electrons. The van der Waals surface area contributed by atoms with Crippen LogP contribution in [0.15, 0.2) is 42.5 Å². The van der Waals surface area contributed by atoms with Crippen molar-refractivity contribution in [2.75, 3.05) is 23.3 Å². The Kier molecular flexibility index (Phi) is 7.01. The zero-order chi connectivity index (χ0) is 20.0. The van der Waals surface area contributed by atoms with Gasteiger partial charge >= 0.3 is 6.18 Å². The summed E-state index contributed by atoms with van der Waals surface area (Å²) in [5, 5.41) is 5.86. The molecule has 0 spiro atoms. The van der Waals surface area contributed by atoms with Crippen LogP contribution in [0.25, 0.3) is 0 Å². The van der Waals surface area contributed by atoms with Crippen molar-refractivity contribution in [2.45, 2.75) is 26.6 Å². The highest BCUT2D eigenvalue weighted by Gasteiger charge is 2.34. The van der Waals surface area contributed by atoms with E-state index in [0.29, 0.717) is 6.07 Å². The Morgan fingerprint density at radius 3 is 2.22 bits per heavy atom. The Labute approximate surface area is 161 Å². The minimum atomic E-state index is -4.73. The molecule has 0 aliphatic carbocycles. The molecule has 3 nitrogen and oxygen atoms in total. The third-order valence-electron chi connectivity index (χ3n) is 4.08. The van der Waals surface area contributed by atoms with E-state index < -0.39 is 17.6 Å². The Balaban J connectivity index is 1.97. The molecular weight excluding hydrogens is 378 g/mol. The van der Waals surface area contributed by atoms with E-state index in [-0.39, 0.29) is 17.2 Å². The van der Waals surface area contributed by atoms with Crippen molar-refractivity contribution in [3.8, 4) is 0 Å². The van der Waals surface area contributed by atoms with E-state index in [9.17, 15) is 17.6 Å². The third kappa shape index (κ3) is 5.56. The molecule has 0 saturated heterocycles. The van der Waals surface area contributed by atoms with Crippen molar-refractivity contribution in [3.05, 3.63) is 59.4 Å². The first-order valence-electron chi connectivity index (χ1n) is 8.50. The van der Waals surface area contributed by atoms with E-state index in [1.807, 2.05) is 24.3 Å². The van der Waals surface area contributed by atoms with E-state index in [4.69, 9.17) is 12.2 Å². The maximum absolute atomic E-state index is 14.0. The zero-order valence-electron chi connectivity index (χ0n) is 15.0. The van der Waals surface area contributed by atoms with Crippen LogP contribution in [0.4, 0.5) is 28.9 Å². The summed E-state index contributed by atoms with van der Waals surface area (Å²) < 4.78 is 52.3. The molecule has 0 fully saturated rings. The highest BCUT2D eigenvalue weighted by Crippen LogP contribution is 2.32.